The normalized spacial score (nSPS) is 15.5. The van der Waals surface area contributed by atoms with Crippen LogP contribution in [0.4, 0.5) is 0 Å². The summed E-state index contributed by atoms with van der Waals surface area (Å²) >= 11 is 0. The molecule has 4 heteroatoms. The van der Waals surface area contributed by atoms with E-state index in [9.17, 15) is 0 Å². The molecule has 1 aliphatic rings. The fourth-order valence-corrected chi connectivity index (χ4v) is 2.61. The van der Waals surface area contributed by atoms with Crippen molar-refractivity contribution in [3.63, 3.8) is 0 Å². The molecule has 1 fully saturated rings. The molecule has 2 rings (SSSR count). The highest BCUT2D eigenvalue weighted by molar-refractivity contribution is 5.85. The highest BCUT2D eigenvalue weighted by atomic mass is 35.5. The van der Waals surface area contributed by atoms with Gasteiger partial charge in [0.25, 0.3) is 0 Å². The summed E-state index contributed by atoms with van der Waals surface area (Å²) in [5, 5.41) is 0. The van der Waals surface area contributed by atoms with Crippen LogP contribution in [0.2, 0.25) is 0 Å². The van der Waals surface area contributed by atoms with Crippen LogP contribution in [0.5, 0.6) is 11.5 Å². The molecular weight excluding hydrogens is 276 g/mol. The lowest BCUT2D eigenvalue weighted by Gasteiger charge is -2.22. The molecule has 0 aromatic heterocycles. The van der Waals surface area contributed by atoms with Crippen LogP contribution >= 0.6 is 12.4 Å². The third-order valence-electron chi connectivity index (χ3n) is 3.74. The molecular formula is C16H25ClO3. The van der Waals surface area contributed by atoms with Crippen LogP contribution in [0, 0.1) is 0 Å². The Morgan fingerprint density at radius 2 is 1.70 bits per heavy atom. The van der Waals surface area contributed by atoms with Crippen molar-refractivity contribution >= 4 is 12.4 Å². The second kappa shape index (κ2) is 9.09. The van der Waals surface area contributed by atoms with Gasteiger partial charge in [0, 0.05) is 0 Å². The number of ether oxygens (including phenoxy) is 3. The molecule has 0 saturated heterocycles. The predicted octanol–water partition coefficient (Wildman–Crippen LogP) is 4.02. The molecule has 1 aromatic rings. The SMILES string of the molecule is COc1ccc(CCOC2CCCCC2)cc1OC.Cl. The van der Waals surface area contributed by atoms with Gasteiger partial charge in [-0.2, -0.15) is 0 Å². The van der Waals surface area contributed by atoms with Gasteiger partial charge in [0.15, 0.2) is 11.5 Å². The van der Waals surface area contributed by atoms with E-state index in [4.69, 9.17) is 14.2 Å². The fourth-order valence-electron chi connectivity index (χ4n) is 2.61. The second-order valence-corrected chi connectivity index (χ2v) is 5.07. The third-order valence-corrected chi connectivity index (χ3v) is 3.74. The van der Waals surface area contributed by atoms with E-state index in [2.05, 4.69) is 6.07 Å². The standard InChI is InChI=1S/C16H24O3.ClH/c1-17-15-9-8-13(12-16(15)18-2)10-11-19-14-6-4-3-5-7-14;/h8-9,12,14H,3-7,10-11H2,1-2H3;1H. The Hall–Kier alpha value is -0.930. The molecule has 0 bridgehead atoms. The van der Waals surface area contributed by atoms with Crippen molar-refractivity contribution in [1.82, 2.24) is 0 Å². The van der Waals surface area contributed by atoms with Gasteiger partial charge in [-0.05, 0) is 37.0 Å². The highest BCUT2D eigenvalue weighted by Gasteiger charge is 2.13. The van der Waals surface area contributed by atoms with Crippen molar-refractivity contribution in [2.24, 2.45) is 0 Å². The summed E-state index contributed by atoms with van der Waals surface area (Å²) in [6.45, 7) is 0.792. The summed E-state index contributed by atoms with van der Waals surface area (Å²) in [4.78, 5) is 0. The number of hydrogen-bond acceptors (Lipinski definition) is 3. The average molecular weight is 301 g/mol. The molecule has 20 heavy (non-hydrogen) atoms. The first-order valence-electron chi connectivity index (χ1n) is 7.16. The maximum atomic E-state index is 5.94. The molecule has 0 unspecified atom stereocenters. The van der Waals surface area contributed by atoms with Gasteiger partial charge in [-0.1, -0.05) is 25.3 Å². The second-order valence-electron chi connectivity index (χ2n) is 5.07. The Kier molecular flexibility index (Phi) is 7.78. The molecule has 1 saturated carbocycles. The molecule has 0 radical (unpaired) electrons. The van der Waals surface area contributed by atoms with Crippen molar-refractivity contribution < 1.29 is 14.2 Å². The molecule has 1 aromatic carbocycles. The van der Waals surface area contributed by atoms with Crippen molar-refractivity contribution in [2.45, 2.75) is 44.6 Å². The van der Waals surface area contributed by atoms with E-state index in [0.29, 0.717) is 6.10 Å². The Morgan fingerprint density at radius 1 is 1.00 bits per heavy atom. The quantitative estimate of drug-likeness (QED) is 0.794. The Bertz CT molecular complexity index is 389. The van der Waals surface area contributed by atoms with Crippen LogP contribution in [0.25, 0.3) is 0 Å². The number of rotatable bonds is 6. The minimum atomic E-state index is 0. The van der Waals surface area contributed by atoms with Crippen molar-refractivity contribution in [3.05, 3.63) is 23.8 Å². The summed E-state index contributed by atoms with van der Waals surface area (Å²) in [5.74, 6) is 1.57. The van der Waals surface area contributed by atoms with Crippen LogP contribution in [-0.4, -0.2) is 26.9 Å². The smallest absolute Gasteiger partial charge is 0.160 e. The van der Waals surface area contributed by atoms with E-state index in [0.717, 1.165) is 24.5 Å². The number of hydrogen-bond donors (Lipinski definition) is 0. The van der Waals surface area contributed by atoms with E-state index < -0.39 is 0 Å². The van der Waals surface area contributed by atoms with E-state index in [1.807, 2.05) is 12.1 Å². The Morgan fingerprint density at radius 3 is 2.35 bits per heavy atom. The maximum absolute atomic E-state index is 5.94. The molecule has 0 spiro atoms. The molecule has 3 nitrogen and oxygen atoms in total. The lowest BCUT2D eigenvalue weighted by molar-refractivity contribution is 0.0303. The predicted molar refractivity (Wildman–Crippen MR) is 83.3 cm³/mol. The average Bonchev–Trinajstić information content (AvgIpc) is 2.48. The summed E-state index contributed by atoms with van der Waals surface area (Å²) in [5.41, 5.74) is 1.23. The topological polar surface area (TPSA) is 27.7 Å². The largest absolute Gasteiger partial charge is 0.493 e. The van der Waals surface area contributed by atoms with Crippen LogP contribution in [0.1, 0.15) is 37.7 Å². The zero-order valence-electron chi connectivity index (χ0n) is 12.4. The Labute approximate surface area is 128 Å². The van der Waals surface area contributed by atoms with Crippen LogP contribution < -0.4 is 9.47 Å². The molecule has 0 heterocycles. The van der Waals surface area contributed by atoms with Crippen molar-refractivity contribution in [2.75, 3.05) is 20.8 Å². The minimum Gasteiger partial charge on any atom is -0.493 e. The van der Waals surface area contributed by atoms with Gasteiger partial charge in [0.2, 0.25) is 0 Å². The van der Waals surface area contributed by atoms with Gasteiger partial charge in [0.1, 0.15) is 0 Å². The summed E-state index contributed by atoms with van der Waals surface area (Å²) < 4.78 is 16.5. The first-order valence-corrected chi connectivity index (χ1v) is 7.16. The summed E-state index contributed by atoms with van der Waals surface area (Å²) in [7, 11) is 3.32. The fraction of sp³-hybridized carbons (Fsp3) is 0.625. The zero-order valence-corrected chi connectivity index (χ0v) is 13.2. The number of halogens is 1. The van der Waals surface area contributed by atoms with Gasteiger partial charge >= 0.3 is 0 Å². The van der Waals surface area contributed by atoms with Gasteiger partial charge in [-0.25, -0.2) is 0 Å². The number of benzene rings is 1. The summed E-state index contributed by atoms with van der Waals surface area (Å²) in [6.07, 6.45) is 7.88. The van der Waals surface area contributed by atoms with Gasteiger partial charge in [0.05, 0.1) is 26.9 Å². The molecule has 0 N–H and O–H groups in total. The first-order chi connectivity index (χ1) is 9.33. The minimum absolute atomic E-state index is 0. The van der Waals surface area contributed by atoms with E-state index in [1.54, 1.807) is 14.2 Å². The molecule has 0 amide bonds. The maximum Gasteiger partial charge on any atom is 0.160 e. The van der Waals surface area contributed by atoms with Crippen LogP contribution in [-0.2, 0) is 11.2 Å². The van der Waals surface area contributed by atoms with Crippen molar-refractivity contribution in [1.29, 1.82) is 0 Å². The lowest BCUT2D eigenvalue weighted by Crippen LogP contribution is -2.17. The van der Waals surface area contributed by atoms with Crippen LogP contribution in [0.15, 0.2) is 18.2 Å². The van der Waals surface area contributed by atoms with Crippen molar-refractivity contribution in [3.8, 4) is 11.5 Å². The number of methoxy groups -OCH3 is 2. The molecule has 0 atom stereocenters. The van der Waals surface area contributed by atoms with Gasteiger partial charge < -0.3 is 14.2 Å². The lowest BCUT2D eigenvalue weighted by atomic mass is 9.98. The zero-order chi connectivity index (χ0) is 13.5. The Balaban J connectivity index is 0.00000200. The van der Waals surface area contributed by atoms with E-state index in [1.165, 1.54) is 37.7 Å². The van der Waals surface area contributed by atoms with Gasteiger partial charge in [-0.15, -0.1) is 12.4 Å². The highest BCUT2D eigenvalue weighted by Crippen LogP contribution is 2.28. The monoisotopic (exact) mass is 300 g/mol. The summed E-state index contributed by atoms with van der Waals surface area (Å²) in [6, 6.07) is 6.06. The van der Waals surface area contributed by atoms with E-state index >= 15 is 0 Å². The molecule has 0 aliphatic heterocycles. The molecule has 114 valence electrons. The van der Waals surface area contributed by atoms with Crippen LogP contribution in [0.3, 0.4) is 0 Å². The first kappa shape index (κ1) is 17.1. The third kappa shape index (κ3) is 4.88. The van der Waals surface area contributed by atoms with E-state index in [-0.39, 0.29) is 12.4 Å². The molecule has 1 aliphatic carbocycles. The van der Waals surface area contributed by atoms with Gasteiger partial charge in [-0.3, -0.25) is 0 Å².